The van der Waals surface area contributed by atoms with Gasteiger partial charge < -0.3 is 15.3 Å². The van der Waals surface area contributed by atoms with Crippen LogP contribution in [0.25, 0.3) is 0 Å². The largest absolute Gasteiger partial charge is 0.388 e. The first-order valence-corrected chi connectivity index (χ1v) is 3.87. The lowest BCUT2D eigenvalue weighted by molar-refractivity contribution is 0.0980. The number of aliphatic hydroxyl groups excluding tert-OH is 3. The van der Waals surface area contributed by atoms with Gasteiger partial charge in [-0.1, -0.05) is 18.2 Å². The summed E-state index contributed by atoms with van der Waals surface area (Å²) in [5.74, 6) is 0.111. The Bertz CT molecular complexity index is 155. The van der Waals surface area contributed by atoms with Crippen LogP contribution < -0.4 is 0 Å². The van der Waals surface area contributed by atoms with Crippen LogP contribution in [0.5, 0.6) is 0 Å². The maximum Gasteiger partial charge on any atom is 0.0839 e. The molecule has 0 saturated heterocycles. The second-order valence-electron chi connectivity index (χ2n) is 2.54. The van der Waals surface area contributed by atoms with Gasteiger partial charge in [0.1, 0.15) is 0 Å². The molecule has 0 aliphatic carbocycles. The minimum absolute atomic E-state index is 0.111. The Morgan fingerprint density at radius 1 is 0.769 bits per heavy atom. The van der Waals surface area contributed by atoms with Crippen molar-refractivity contribution in [2.24, 2.45) is 0 Å². The summed E-state index contributed by atoms with van der Waals surface area (Å²) < 4.78 is 0. The molecule has 0 saturated carbocycles. The van der Waals surface area contributed by atoms with Crippen LogP contribution in [-0.4, -0.2) is 33.6 Å². The molecule has 3 atom stereocenters. The van der Waals surface area contributed by atoms with Gasteiger partial charge in [-0.3, -0.25) is 0 Å². The van der Waals surface area contributed by atoms with E-state index in [-0.39, 0.29) is 5.92 Å². The summed E-state index contributed by atoms with van der Waals surface area (Å²) >= 11 is 0. The predicted molar refractivity (Wildman–Crippen MR) is 51.9 cm³/mol. The van der Waals surface area contributed by atoms with Crippen LogP contribution in [0.3, 0.4) is 0 Å². The molecule has 0 spiro atoms. The Morgan fingerprint density at radius 3 is 1.15 bits per heavy atom. The monoisotopic (exact) mass is 183 g/mol. The summed E-state index contributed by atoms with van der Waals surface area (Å²) in [7, 11) is 0. The van der Waals surface area contributed by atoms with Crippen molar-refractivity contribution in [3.63, 3.8) is 0 Å². The molecule has 0 bridgehead atoms. The van der Waals surface area contributed by atoms with Crippen molar-refractivity contribution in [2.45, 2.75) is 18.3 Å². The smallest absolute Gasteiger partial charge is 0.0839 e. The van der Waals surface area contributed by atoms with Crippen LogP contribution >= 0.6 is 0 Å². The zero-order valence-corrected chi connectivity index (χ0v) is 7.43. The summed E-state index contributed by atoms with van der Waals surface area (Å²) in [6.07, 6.45) is 0.446. The minimum atomic E-state index is -1.07. The standard InChI is InChI=1S/C10H15O3/c1-4-7(11)10(8(12)5-2)9(13)6-3/h4-9,11-13H,1-3H2. The highest BCUT2D eigenvalue weighted by atomic mass is 16.3. The molecule has 0 fully saturated rings. The molecule has 0 aromatic heterocycles. The Hall–Kier alpha value is -0.900. The van der Waals surface area contributed by atoms with E-state index in [1.807, 2.05) is 0 Å². The van der Waals surface area contributed by atoms with Crippen LogP contribution in [0.2, 0.25) is 0 Å². The zero-order chi connectivity index (χ0) is 10.4. The number of hydrogen-bond acceptors (Lipinski definition) is 3. The lowest BCUT2D eigenvalue weighted by Crippen LogP contribution is -2.35. The SMILES string of the molecule is C=CC(O)[C](C(O)C=C)C(O)C=C. The van der Waals surface area contributed by atoms with Crippen LogP contribution in [0.1, 0.15) is 0 Å². The molecule has 3 heteroatoms. The Balaban J connectivity index is 4.61. The molecular formula is C10H15O3. The van der Waals surface area contributed by atoms with Gasteiger partial charge in [-0.15, -0.1) is 19.7 Å². The lowest BCUT2D eigenvalue weighted by atomic mass is 9.90. The molecular weight excluding hydrogens is 168 g/mol. The van der Waals surface area contributed by atoms with Crippen LogP contribution in [0.15, 0.2) is 38.0 Å². The molecule has 0 aromatic carbocycles. The summed E-state index contributed by atoms with van der Waals surface area (Å²) in [6.45, 7) is 10.1. The Kier molecular flexibility index (Phi) is 5.30. The molecule has 0 amide bonds. The van der Waals surface area contributed by atoms with E-state index in [0.717, 1.165) is 0 Å². The summed E-state index contributed by atoms with van der Waals surface area (Å²) in [5, 5.41) is 28.1. The fourth-order valence-electron chi connectivity index (χ4n) is 0.933. The van der Waals surface area contributed by atoms with Crippen LogP contribution in [0.4, 0.5) is 0 Å². The summed E-state index contributed by atoms with van der Waals surface area (Å²) in [6, 6.07) is 0. The van der Waals surface area contributed by atoms with E-state index in [1.54, 1.807) is 0 Å². The van der Waals surface area contributed by atoms with Crippen molar-refractivity contribution in [1.29, 1.82) is 0 Å². The second kappa shape index (κ2) is 5.70. The molecule has 0 aromatic rings. The van der Waals surface area contributed by atoms with Crippen molar-refractivity contribution in [3.05, 3.63) is 43.9 Å². The predicted octanol–water partition coefficient (Wildman–Crippen LogP) is 0.202. The maximum absolute atomic E-state index is 9.35. The summed E-state index contributed by atoms with van der Waals surface area (Å²) in [4.78, 5) is 0. The molecule has 0 heterocycles. The van der Waals surface area contributed by atoms with Crippen molar-refractivity contribution >= 4 is 0 Å². The highest BCUT2D eigenvalue weighted by Crippen LogP contribution is 2.19. The first-order chi connectivity index (χ1) is 6.08. The average molecular weight is 183 g/mol. The fourth-order valence-corrected chi connectivity index (χ4v) is 0.933. The average Bonchev–Trinajstić information content (AvgIpc) is 2.16. The normalized spacial score (nSPS) is 17.5. The van der Waals surface area contributed by atoms with Crippen LogP contribution in [-0.2, 0) is 0 Å². The fraction of sp³-hybridized carbons (Fsp3) is 0.300. The minimum Gasteiger partial charge on any atom is -0.388 e. The number of aliphatic hydroxyl groups is 3. The van der Waals surface area contributed by atoms with Gasteiger partial charge in [0.15, 0.2) is 0 Å². The van der Waals surface area contributed by atoms with E-state index in [0.29, 0.717) is 0 Å². The molecule has 0 rings (SSSR count). The molecule has 13 heavy (non-hydrogen) atoms. The van der Waals surface area contributed by atoms with Gasteiger partial charge in [0, 0.05) is 0 Å². The lowest BCUT2D eigenvalue weighted by Gasteiger charge is -2.25. The Labute approximate surface area is 78.3 Å². The van der Waals surface area contributed by atoms with Gasteiger partial charge in [-0.05, 0) is 0 Å². The van der Waals surface area contributed by atoms with E-state index >= 15 is 0 Å². The van der Waals surface area contributed by atoms with E-state index in [1.165, 1.54) is 18.2 Å². The third-order valence-electron chi connectivity index (χ3n) is 1.69. The van der Waals surface area contributed by atoms with Gasteiger partial charge in [-0.25, -0.2) is 0 Å². The topological polar surface area (TPSA) is 60.7 Å². The van der Waals surface area contributed by atoms with E-state index in [9.17, 15) is 15.3 Å². The molecule has 3 N–H and O–H groups in total. The molecule has 73 valence electrons. The Morgan fingerprint density at radius 2 is 1.00 bits per heavy atom. The highest BCUT2D eigenvalue weighted by molar-refractivity contribution is 5.21. The van der Waals surface area contributed by atoms with Gasteiger partial charge in [0.05, 0.1) is 24.2 Å². The first kappa shape index (κ1) is 12.1. The van der Waals surface area contributed by atoms with Crippen molar-refractivity contribution in [2.75, 3.05) is 0 Å². The summed E-state index contributed by atoms with van der Waals surface area (Å²) in [5.41, 5.74) is 0. The van der Waals surface area contributed by atoms with Crippen molar-refractivity contribution in [3.8, 4) is 0 Å². The third kappa shape index (κ3) is 3.14. The van der Waals surface area contributed by atoms with Crippen molar-refractivity contribution in [1.82, 2.24) is 0 Å². The molecule has 0 aliphatic heterocycles. The molecule has 3 nitrogen and oxygen atoms in total. The van der Waals surface area contributed by atoms with Crippen molar-refractivity contribution < 1.29 is 15.3 Å². The van der Waals surface area contributed by atoms with Crippen LogP contribution in [0, 0.1) is 5.92 Å². The molecule has 3 unspecified atom stereocenters. The van der Waals surface area contributed by atoms with E-state index < -0.39 is 18.3 Å². The molecule has 1 radical (unpaired) electrons. The maximum atomic E-state index is 9.35. The first-order valence-electron chi connectivity index (χ1n) is 3.87. The van der Waals surface area contributed by atoms with E-state index in [4.69, 9.17) is 0 Å². The van der Waals surface area contributed by atoms with Gasteiger partial charge in [-0.2, -0.15) is 0 Å². The number of hydrogen-bond donors (Lipinski definition) is 3. The second-order valence-corrected chi connectivity index (χ2v) is 2.54. The quantitative estimate of drug-likeness (QED) is 0.516. The molecule has 0 aliphatic rings. The zero-order valence-electron chi connectivity index (χ0n) is 7.43. The van der Waals surface area contributed by atoms with Gasteiger partial charge in [0.25, 0.3) is 0 Å². The van der Waals surface area contributed by atoms with E-state index in [2.05, 4.69) is 19.7 Å². The van der Waals surface area contributed by atoms with Gasteiger partial charge >= 0.3 is 0 Å². The van der Waals surface area contributed by atoms with Gasteiger partial charge in [0.2, 0.25) is 0 Å². The third-order valence-corrected chi connectivity index (χ3v) is 1.69. The number of rotatable bonds is 6. The highest BCUT2D eigenvalue weighted by Gasteiger charge is 2.29.